The summed E-state index contributed by atoms with van der Waals surface area (Å²) in [4.78, 5) is 23.4. The van der Waals surface area contributed by atoms with Crippen LogP contribution in [0.3, 0.4) is 0 Å². The predicted octanol–water partition coefficient (Wildman–Crippen LogP) is 4.40. The van der Waals surface area contributed by atoms with Crippen molar-refractivity contribution in [1.29, 1.82) is 5.41 Å². The maximum absolute atomic E-state index is 14.2. The van der Waals surface area contributed by atoms with Crippen LogP contribution in [0.25, 0.3) is 27.5 Å². The number of benzene rings is 2. The van der Waals surface area contributed by atoms with Gasteiger partial charge in [-0.2, -0.15) is 13.2 Å². The molecule has 1 saturated heterocycles. The van der Waals surface area contributed by atoms with Gasteiger partial charge < -0.3 is 15.6 Å². The smallest absolute Gasteiger partial charge is 0.368 e. The molecule has 0 bridgehead atoms. The molecule has 7 nitrogen and oxygen atoms in total. The summed E-state index contributed by atoms with van der Waals surface area (Å²) in [6, 6.07) is 12.4. The Balaban J connectivity index is 1.78. The Labute approximate surface area is 210 Å². The number of aliphatic imine (C=N–C) groups is 1. The third kappa shape index (κ3) is 4.60. The van der Waals surface area contributed by atoms with E-state index in [1.165, 1.54) is 22.9 Å². The number of aromatic nitrogens is 2. The van der Waals surface area contributed by atoms with E-state index < -0.39 is 17.3 Å². The molecule has 37 heavy (non-hydrogen) atoms. The summed E-state index contributed by atoms with van der Waals surface area (Å²) in [5.41, 5.74) is 0.798. The van der Waals surface area contributed by atoms with Gasteiger partial charge in [-0.3, -0.25) is 19.3 Å². The Kier molecular flexibility index (Phi) is 6.51. The van der Waals surface area contributed by atoms with E-state index in [2.05, 4.69) is 15.3 Å². The van der Waals surface area contributed by atoms with Crippen LogP contribution < -0.4 is 15.8 Å². The molecule has 1 unspecified atom stereocenters. The summed E-state index contributed by atoms with van der Waals surface area (Å²) in [6.45, 7) is 2.13. The monoisotopic (exact) mass is 506 g/mol. The standard InChI is InChI=1S/C27H25F3N6O/c1-32-15-19(14-31)17-2-5-23-21(12-17)26-18(16-34-23)3-7-25(37)36(26)20-4-6-24(22(13-20)27(28,29)30)35-10-8-33-9-11-35/h2-7,12-16,19,31,33H,8-11H2,1H3. The van der Waals surface area contributed by atoms with Crippen LogP contribution in [0.1, 0.15) is 17.0 Å². The van der Waals surface area contributed by atoms with Crippen molar-refractivity contribution in [2.45, 2.75) is 12.1 Å². The van der Waals surface area contributed by atoms with E-state index >= 15 is 0 Å². The molecule has 2 aromatic heterocycles. The quantitative estimate of drug-likeness (QED) is 0.310. The Bertz CT molecular complexity index is 1570. The highest BCUT2D eigenvalue weighted by molar-refractivity contribution is 6.05. The van der Waals surface area contributed by atoms with E-state index in [1.54, 1.807) is 42.6 Å². The minimum atomic E-state index is -4.60. The third-order valence-corrected chi connectivity index (χ3v) is 6.62. The molecular formula is C27H25F3N6O. The first-order valence-electron chi connectivity index (χ1n) is 11.9. The van der Waals surface area contributed by atoms with Gasteiger partial charge in [0.25, 0.3) is 5.56 Å². The van der Waals surface area contributed by atoms with Gasteiger partial charge in [0.1, 0.15) is 0 Å². The van der Waals surface area contributed by atoms with E-state index in [9.17, 15) is 18.0 Å². The topological polar surface area (TPSA) is 86.4 Å². The molecule has 190 valence electrons. The largest absolute Gasteiger partial charge is 0.418 e. The van der Waals surface area contributed by atoms with Crippen LogP contribution in [0.5, 0.6) is 0 Å². The lowest BCUT2D eigenvalue weighted by molar-refractivity contribution is -0.137. The van der Waals surface area contributed by atoms with Gasteiger partial charge in [0.15, 0.2) is 0 Å². The molecule has 1 aliphatic heterocycles. The van der Waals surface area contributed by atoms with Crippen LogP contribution in [0.2, 0.25) is 0 Å². The summed E-state index contributed by atoms with van der Waals surface area (Å²) < 4.78 is 44.1. The Hall–Kier alpha value is -4.05. The zero-order valence-corrected chi connectivity index (χ0v) is 20.1. The highest BCUT2D eigenvalue weighted by Crippen LogP contribution is 2.38. The van der Waals surface area contributed by atoms with Crippen molar-refractivity contribution in [2.75, 3.05) is 38.1 Å². The molecule has 0 saturated carbocycles. The van der Waals surface area contributed by atoms with Gasteiger partial charge in [0.2, 0.25) is 0 Å². The lowest BCUT2D eigenvalue weighted by Crippen LogP contribution is -2.44. The molecule has 10 heteroatoms. The van der Waals surface area contributed by atoms with Gasteiger partial charge in [-0.1, -0.05) is 6.07 Å². The van der Waals surface area contributed by atoms with Crippen LogP contribution in [-0.2, 0) is 6.18 Å². The predicted molar refractivity (Wildman–Crippen MR) is 141 cm³/mol. The molecule has 2 aromatic carbocycles. The fourth-order valence-corrected chi connectivity index (χ4v) is 4.85. The van der Waals surface area contributed by atoms with Gasteiger partial charge in [-0.05, 0) is 42.0 Å². The number of hydrogen-bond acceptors (Lipinski definition) is 6. The lowest BCUT2D eigenvalue weighted by atomic mass is 9.98. The van der Waals surface area contributed by atoms with E-state index in [0.717, 1.165) is 11.6 Å². The molecule has 4 aromatic rings. The molecule has 1 atom stereocenters. The molecule has 0 radical (unpaired) electrons. The van der Waals surface area contributed by atoms with E-state index in [1.807, 2.05) is 12.1 Å². The van der Waals surface area contributed by atoms with Crippen LogP contribution in [-0.4, -0.2) is 55.2 Å². The number of halogens is 3. The SMILES string of the molecule is CN=CC(C=N)c1ccc2ncc3ccc(=O)n(-c4ccc(N5CCNCC5)c(C(F)(F)F)c4)c3c2c1. The summed E-state index contributed by atoms with van der Waals surface area (Å²) in [7, 11) is 1.62. The van der Waals surface area contributed by atoms with Crippen molar-refractivity contribution in [2.24, 2.45) is 4.99 Å². The van der Waals surface area contributed by atoms with Crippen molar-refractivity contribution >= 4 is 39.9 Å². The Morgan fingerprint density at radius 1 is 1.11 bits per heavy atom. The zero-order valence-electron chi connectivity index (χ0n) is 20.1. The number of fused-ring (bicyclic) bond motifs is 3. The first kappa shape index (κ1) is 24.6. The summed E-state index contributed by atoms with van der Waals surface area (Å²) in [5.74, 6) is -0.385. The van der Waals surface area contributed by atoms with Gasteiger partial charge in [-0.25, -0.2) is 0 Å². The first-order valence-corrected chi connectivity index (χ1v) is 11.9. The summed E-state index contributed by atoms with van der Waals surface area (Å²) in [5, 5.41) is 12.1. The number of nitrogens with zero attached hydrogens (tertiary/aromatic N) is 4. The second-order valence-corrected chi connectivity index (χ2v) is 8.88. The molecule has 5 rings (SSSR count). The van der Waals surface area contributed by atoms with Crippen molar-refractivity contribution in [1.82, 2.24) is 14.9 Å². The van der Waals surface area contributed by atoms with Crippen LogP contribution >= 0.6 is 0 Å². The van der Waals surface area contributed by atoms with Crippen molar-refractivity contribution in [3.05, 3.63) is 76.2 Å². The van der Waals surface area contributed by atoms with Crippen LogP contribution in [0.4, 0.5) is 18.9 Å². The number of hydrogen-bond donors (Lipinski definition) is 2. The molecule has 2 N–H and O–H groups in total. The zero-order chi connectivity index (χ0) is 26.2. The molecule has 1 aliphatic rings. The highest BCUT2D eigenvalue weighted by Gasteiger charge is 2.36. The van der Waals surface area contributed by atoms with Crippen LogP contribution in [0, 0.1) is 5.41 Å². The Morgan fingerprint density at radius 3 is 2.59 bits per heavy atom. The maximum Gasteiger partial charge on any atom is 0.418 e. The van der Waals surface area contributed by atoms with Gasteiger partial charge in [0, 0.05) is 74.4 Å². The van der Waals surface area contributed by atoms with Gasteiger partial charge >= 0.3 is 6.18 Å². The van der Waals surface area contributed by atoms with Crippen molar-refractivity contribution < 1.29 is 13.2 Å². The van der Waals surface area contributed by atoms with Crippen molar-refractivity contribution in [3.8, 4) is 5.69 Å². The van der Waals surface area contributed by atoms with Gasteiger partial charge in [0.05, 0.1) is 28.2 Å². The molecule has 0 amide bonds. The molecule has 3 heterocycles. The number of nitrogens with one attached hydrogen (secondary N) is 2. The fraction of sp³-hybridized carbons (Fsp3) is 0.259. The molecule has 0 aliphatic carbocycles. The second-order valence-electron chi connectivity index (χ2n) is 8.88. The Morgan fingerprint density at radius 2 is 1.89 bits per heavy atom. The molecular weight excluding hydrogens is 481 g/mol. The number of piperazine rings is 1. The average molecular weight is 507 g/mol. The number of pyridine rings is 2. The molecule has 0 spiro atoms. The highest BCUT2D eigenvalue weighted by atomic mass is 19.4. The fourth-order valence-electron chi connectivity index (χ4n) is 4.85. The lowest BCUT2D eigenvalue weighted by Gasteiger charge is -2.32. The van der Waals surface area contributed by atoms with Crippen LogP contribution in [0.15, 0.2) is 64.5 Å². The minimum absolute atomic E-state index is 0.104. The van der Waals surface area contributed by atoms with E-state index in [4.69, 9.17) is 5.41 Å². The second kappa shape index (κ2) is 9.78. The van der Waals surface area contributed by atoms with Crippen molar-refractivity contribution in [3.63, 3.8) is 0 Å². The number of anilines is 1. The normalized spacial score (nSPS) is 15.5. The average Bonchev–Trinajstić information content (AvgIpc) is 2.91. The van der Waals surface area contributed by atoms with E-state index in [0.29, 0.717) is 48.0 Å². The first-order chi connectivity index (χ1) is 17.8. The maximum atomic E-state index is 14.2. The molecule has 1 fully saturated rings. The van der Waals surface area contributed by atoms with Gasteiger partial charge in [-0.15, -0.1) is 0 Å². The summed E-state index contributed by atoms with van der Waals surface area (Å²) in [6.07, 6.45) is -0.110. The minimum Gasteiger partial charge on any atom is -0.368 e. The number of rotatable bonds is 5. The number of alkyl halides is 3. The van der Waals surface area contributed by atoms with E-state index in [-0.39, 0.29) is 17.3 Å². The summed E-state index contributed by atoms with van der Waals surface area (Å²) >= 11 is 0. The third-order valence-electron chi connectivity index (χ3n) is 6.62.